The van der Waals surface area contributed by atoms with Crippen LogP contribution in [0.15, 0.2) is 8.68 Å². The molecule has 0 N–H and O–H groups in total. The van der Waals surface area contributed by atoms with Crippen LogP contribution in [-0.2, 0) is 19.1 Å². The third-order valence-electron chi connectivity index (χ3n) is 2.65. The molecular formula is C10H10N2O4S3. The van der Waals surface area contributed by atoms with Gasteiger partial charge < -0.3 is 9.47 Å². The number of carbonyl (C=O) groups is 2. The minimum absolute atomic E-state index is 0.178. The van der Waals surface area contributed by atoms with Gasteiger partial charge in [0.05, 0.1) is 13.2 Å². The maximum absolute atomic E-state index is 11.4. The quantitative estimate of drug-likeness (QED) is 0.770. The first-order valence-electron chi connectivity index (χ1n) is 5.72. The molecule has 0 aromatic carbocycles. The Hall–Kier alpha value is -0.800. The average Bonchev–Trinajstić information content (AvgIpc) is 3.07. The van der Waals surface area contributed by atoms with Gasteiger partial charge >= 0.3 is 11.9 Å². The molecule has 2 atom stereocenters. The highest BCUT2D eigenvalue weighted by molar-refractivity contribution is 8.04. The molecule has 0 radical (unpaired) electrons. The van der Waals surface area contributed by atoms with Gasteiger partial charge in [0.1, 0.15) is 10.5 Å². The molecule has 1 aromatic rings. The number of hydrogen-bond donors (Lipinski definition) is 0. The van der Waals surface area contributed by atoms with Gasteiger partial charge in [0, 0.05) is 12.8 Å². The molecule has 2 aliphatic heterocycles. The number of ether oxygens (including phenoxy) is 2. The number of thioether (sulfide) groups is 2. The van der Waals surface area contributed by atoms with Crippen LogP contribution in [0.25, 0.3) is 0 Å². The van der Waals surface area contributed by atoms with E-state index in [0.717, 1.165) is 8.68 Å². The number of aromatic nitrogens is 2. The first kappa shape index (κ1) is 13.2. The van der Waals surface area contributed by atoms with Gasteiger partial charge in [-0.2, -0.15) is 0 Å². The van der Waals surface area contributed by atoms with Gasteiger partial charge in [-0.3, -0.25) is 9.59 Å². The van der Waals surface area contributed by atoms with Crippen molar-refractivity contribution in [3.05, 3.63) is 0 Å². The highest BCUT2D eigenvalue weighted by Crippen LogP contribution is 2.37. The third-order valence-corrected chi connectivity index (χ3v) is 6.23. The second-order valence-electron chi connectivity index (χ2n) is 3.96. The summed E-state index contributed by atoms with van der Waals surface area (Å²) in [5, 5.41) is 7.71. The SMILES string of the molecule is O=C1OCC[C@@H]1Sc1nnc(S[C@H]2CCOC2=O)s1. The number of cyclic esters (lactones) is 2. The molecule has 3 rings (SSSR count). The van der Waals surface area contributed by atoms with Crippen LogP contribution in [0.3, 0.4) is 0 Å². The lowest BCUT2D eigenvalue weighted by molar-refractivity contribution is -0.138. The summed E-state index contributed by atoms with van der Waals surface area (Å²) < 4.78 is 11.3. The normalized spacial score (nSPS) is 26.5. The van der Waals surface area contributed by atoms with Crippen molar-refractivity contribution in [2.75, 3.05) is 13.2 Å². The van der Waals surface area contributed by atoms with Crippen molar-refractivity contribution in [1.29, 1.82) is 0 Å². The molecule has 2 aliphatic rings. The molecule has 0 amide bonds. The molecule has 9 heteroatoms. The van der Waals surface area contributed by atoms with Crippen molar-refractivity contribution in [2.45, 2.75) is 32.0 Å². The summed E-state index contributed by atoms with van der Waals surface area (Å²) in [6, 6.07) is 0. The second kappa shape index (κ2) is 5.68. The molecule has 3 heterocycles. The summed E-state index contributed by atoms with van der Waals surface area (Å²) in [6.07, 6.45) is 1.42. The molecule has 0 aliphatic carbocycles. The maximum atomic E-state index is 11.4. The topological polar surface area (TPSA) is 78.4 Å². The van der Waals surface area contributed by atoms with Gasteiger partial charge in [-0.25, -0.2) is 0 Å². The fraction of sp³-hybridized carbons (Fsp3) is 0.600. The predicted molar refractivity (Wildman–Crippen MR) is 70.4 cm³/mol. The number of esters is 2. The Bertz CT molecular complexity index is 464. The zero-order chi connectivity index (χ0) is 13.2. The van der Waals surface area contributed by atoms with Gasteiger partial charge in [0.15, 0.2) is 8.68 Å². The molecule has 19 heavy (non-hydrogen) atoms. The van der Waals surface area contributed by atoms with E-state index in [1.807, 2.05) is 0 Å². The molecule has 102 valence electrons. The van der Waals surface area contributed by atoms with Crippen LogP contribution in [0.4, 0.5) is 0 Å². The van der Waals surface area contributed by atoms with E-state index in [2.05, 4.69) is 10.2 Å². The second-order valence-corrected chi connectivity index (χ2v) is 7.84. The predicted octanol–water partition coefficient (Wildman–Crippen LogP) is 1.35. The summed E-state index contributed by atoms with van der Waals surface area (Å²) in [5.41, 5.74) is 0. The largest absolute Gasteiger partial charge is 0.465 e. The van der Waals surface area contributed by atoms with Crippen molar-refractivity contribution in [1.82, 2.24) is 10.2 Å². The van der Waals surface area contributed by atoms with E-state index < -0.39 is 0 Å². The maximum Gasteiger partial charge on any atom is 0.319 e. The third kappa shape index (κ3) is 3.03. The van der Waals surface area contributed by atoms with Crippen molar-refractivity contribution < 1.29 is 19.1 Å². The van der Waals surface area contributed by atoms with Gasteiger partial charge in [-0.15, -0.1) is 10.2 Å². The summed E-state index contributed by atoms with van der Waals surface area (Å²) in [7, 11) is 0. The Kier molecular flexibility index (Phi) is 3.94. The van der Waals surface area contributed by atoms with E-state index in [1.165, 1.54) is 34.9 Å². The van der Waals surface area contributed by atoms with Crippen LogP contribution in [0.5, 0.6) is 0 Å². The standard InChI is InChI=1S/C10H10N2O4S3/c13-7-5(1-3-15-7)17-9-11-12-10(19-9)18-6-2-4-16-8(6)14/h5-6H,1-4H2/t5-,6-/m0/s1. The average molecular weight is 318 g/mol. The zero-order valence-corrected chi connectivity index (χ0v) is 12.2. The van der Waals surface area contributed by atoms with Crippen LogP contribution < -0.4 is 0 Å². The smallest absolute Gasteiger partial charge is 0.319 e. The Labute approximate surface area is 121 Å². The minimum atomic E-state index is -0.186. The number of carbonyl (C=O) groups excluding carboxylic acids is 2. The van der Waals surface area contributed by atoms with Crippen molar-refractivity contribution in [3.63, 3.8) is 0 Å². The Morgan fingerprint density at radius 1 is 0.947 bits per heavy atom. The summed E-state index contributed by atoms with van der Waals surface area (Å²) in [6.45, 7) is 0.954. The van der Waals surface area contributed by atoms with E-state index in [4.69, 9.17) is 9.47 Å². The first-order valence-corrected chi connectivity index (χ1v) is 8.30. The van der Waals surface area contributed by atoms with E-state index in [9.17, 15) is 9.59 Å². The Morgan fingerprint density at radius 2 is 1.42 bits per heavy atom. The molecule has 0 bridgehead atoms. The van der Waals surface area contributed by atoms with Gasteiger partial charge in [0.25, 0.3) is 0 Å². The number of nitrogens with zero attached hydrogens (tertiary/aromatic N) is 2. The van der Waals surface area contributed by atoms with Crippen molar-refractivity contribution >= 4 is 46.8 Å². The van der Waals surface area contributed by atoms with Crippen LogP contribution in [0, 0.1) is 0 Å². The van der Waals surface area contributed by atoms with Crippen LogP contribution in [0.1, 0.15) is 12.8 Å². The van der Waals surface area contributed by atoms with E-state index in [0.29, 0.717) is 26.1 Å². The monoisotopic (exact) mass is 318 g/mol. The van der Waals surface area contributed by atoms with Gasteiger partial charge in [0.2, 0.25) is 0 Å². The molecule has 2 saturated heterocycles. The molecule has 1 aromatic heterocycles. The van der Waals surface area contributed by atoms with E-state index >= 15 is 0 Å². The highest BCUT2D eigenvalue weighted by Gasteiger charge is 2.31. The van der Waals surface area contributed by atoms with Crippen LogP contribution >= 0.6 is 34.9 Å². The minimum Gasteiger partial charge on any atom is -0.465 e. The molecule has 6 nitrogen and oxygen atoms in total. The van der Waals surface area contributed by atoms with Gasteiger partial charge in [-0.1, -0.05) is 34.9 Å². The number of rotatable bonds is 4. The zero-order valence-electron chi connectivity index (χ0n) is 9.74. The highest BCUT2D eigenvalue weighted by atomic mass is 32.2. The van der Waals surface area contributed by atoms with Gasteiger partial charge in [-0.05, 0) is 0 Å². The Balaban J connectivity index is 1.59. The summed E-state index contributed by atoms with van der Waals surface area (Å²) in [5.74, 6) is -0.373. The van der Waals surface area contributed by atoms with Crippen molar-refractivity contribution in [2.24, 2.45) is 0 Å². The molecule has 0 saturated carbocycles. The molecule has 2 fully saturated rings. The lowest BCUT2D eigenvalue weighted by Gasteiger charge is -2.00. The molecular weight excluding hydrogens is 308 g/mol. The van der Waals surface area contributed by atoms with Crippen LogP contribution in [-0.4, -0.2) is 45.8 Å². The fourth-order valence-electron chi connectivity index (χ4n) is 1.70. The summed E-state index contributed by atoms with van der Waals surface area (Å²) >= 11 is 4.16. The molecule has 0 unspecified atom stereocenters. The van der Waals surface area contributed by atoms with E-state index in [1.54, 1.807) is 0 Å². The fourth-order valence-corrected chi connectivity index (χ4v) is 5.15. The first-order chi connectivity index (χ1) is 9.22. The lowest BCUT2D eigenvalue weighted by Crippen LogP contribution is -2.08. The lowest BCUT2D eigenvalue weighted by atomic mass is 10.4. The number of hydrogen-bond acceptors (Lipinski definition) is 9. The Morgan fingerprint density at radius 3 is 1.79 bits per heavy atom. The van der Waals surface area contributed by atoms with Crippen molar-refractivity contribution in [3.8, 4) is 0 Å². The van der Waals surface area contributed by atoms with E-state index in [-0.39, 0.29) is 22.4 Å². The van der Waals surface area contributed by atoms with Crippen LogP contribution in [0.2, 0.25) is 0 Å². The summed E-state index contributed by atoms with van der Waals surface area (Å²) in [4.78, 5) is 22.7. The molecule has 0 spiro atoms.